The molecule has 1 N–H and O–H groups in total. The molecule has 0 aliphatic rings. The fraction of sp³-hybridized carbons (Fsp3) is 0.267. The summed E-state index contributed by atoms with van der Waals surface area (Å²) in [4.78, 5) is 13.0. The Labute approximate surface area is 112 Å². The Morgan fingerprint density at radius 2 is 2.11 bits per heavy atom. The normalized spacial score (nSPS) is 10.9. The lowest BCUT2D eigenvalue weighted by Crippen LogP contribution is -2.17. The molecule has 100 valence electrons. The predicted molar refractivity (Wildman–Crippen MR) is 72.0 cm³/mol. The monoisotopic (exact) mass is 259 g/mol. The van der Waals surface area contributed by atoms with Crippen molar-refractivity contribution in [3.8, 4) is 0 Å². The van der Waals surface area contributed by atoms with E-state index in [4.69, 9.17) is 9.52 Å². The van der Waals surface area contributed by atoms with Crippen LogP contribution in [-0.2, 0) is 13.1 Å². The third-order valence-corrected chi connectivity index (χ3v) is 3.04. The van der Waals surface area contributed by atoms with E-state index >= 15 is 0 Å². The molecular formula is C15H17NO3. The molecule has 0 spiro atoms. The van der Waals surface area contributed by atoms with Gasteiger partial charge in [0.25, 0.3) is 0 Å². The Hall–Kier alpha value is -2.07. The summed E-state index contributed by atoms with van der Waals surface area (Å²) in [5.74, 6) is 0.0286. The van der Waals surface area contributed by atoms with Crippen molar-refractivity contribution in [1.29, 1.82) is 0 Å². The molecule has 0 bridgehead atoms. The predicted octanol–water partition coefficient (Wildman–Crippen LogP) is 2.92. The van der Waals surface area contributed by atoms with Crippen LogP contribution in [0.15, 0.2) is 41.0 Å². The molecule has 2 rings (SSSR count). The average Bonchev–Trinajstić information content (AvgIpc) is 2.84. The first-order valence-corrected chi connectivity index (χ1v) is 6.10. The lowest BCUT2D eigenvalue weighted by molar-refractivity contribution is 0.0696. The number of carboxylic acids is 1. The Bertz CT molecular complexity index is 561. The van der Waals surface area contributed by atoms with Crippen molar-refractivity contribution in [1.82, 2.24) is 4.90 Å². The number of carbonyl (C=O) groups is 1. The van der Waals surface area contributed by atoms with Crippen molar-refractivity contribution in [2.75, 3.05) is 7.05 Å². The molecule has 1 aromatic carbocycles. The van der Waals surface area contributed by atoms with Gasteiger partial charge in [-0.25, -0.2) is 4.79 Å². The zero-order valence-electron chi connectivity index (χ0n) is 11.1. The van der Waals surface area contributed by atoms with Crippen molar-refractivity contribution < 1.29 is 14.3 Å². The van der Waals surface area contributed by atoms with Gasteiger partial charge in [0.05, 0.1) is 18.4 Å². The first-order valence-electron chi connectivity index (χ1n) is 6.10. The number of furan rings is 1. The highest BCUT2D eigenvalue weighted by atomic mass is 16.4. The topological polar surface area (TPSA) is 53.7 Å². The fourth-order valence-corrected chi connectivity index (χ4v) is 2.02. The maximum atomic E-state index is 10.9. The first-order chi connectivity index (χ1) is 9.06. The molecule has 19 heavy (non-hydrogen) atoms. The summed E-state index contributed by atoms with van der Waals surface area (Å²) in [6, 6.07) is 9.04. The Morgan fingerprint density at radius 3 is 2.68 bits per heavy atom. The van der Waals surface area contributed by atoms with Crippen molar-refractivity contribution in [2.24, 2.45) is 0 Å². The van der Waals surface area contributed by atoms with Crippen LogP contribution in [0, 0.1) is 6.92 Å². The van der Waals surface area contributed by atoms with E-state index in [0.717, 1.165) is 30.0 Å². The van der Waals surface area contributed by atoms with Crippen molar-refractivity contribution in [3.63, 3.8) is 0 Å². The van der Waals surface area contributed by atoms with Gasteiger partial charge in [0.2, 0.25) is 0 Å². The summed E-state index contributed by atoms with van der Waals surface area (Å²) >= 11 is 0. The fourth-order valence-electron chi connectivity index (χ4n) is 2.02. The highest BCUT2D eigenvalue weighted by Gasteiger charge is 2.08. The second-order valence-electron chi connectivity index (χ2n) is 4.70. The van der Waals surface area contributed by atoms with Crippen LogP contribution in [0.1, 0.15) is 27.2 Å². The van der Waals surface area contributed by atoms with E-state index in [1.54, 1.807) is 18.4 Å². The van der Waals surface area contributed by atoms with E-state index < -0.39 is 5.97 Å². The van der Waals surface area contributed by atoms with Crippen LogP contribution < -0.4 is 0 Å². The van der Waals surface area contributed by atoms with Crippen LogP contribution in [0.4, 0.5) is 0 Å². The first kappa shape index (κ1) is 13.4. The van der Waals surface area contributed by atoms with Crippen LogP contribution in [0.25, 0.3) is 0 Å². The number of aromatic carboxylic acids is 1. The van der Waals surface area contributed by atoms with Crippen molar-refractivity contribution in [3.05, 3.63) is 59.0 Å². The van der Waals surface area contributed by atoms with E-state index in [1.165, 1.54) is 0 Å². The number of benzene rings is 1. The van der Waals surface area contributed by atoms with Gasteiger partial charge >= 0.3 is 5.97 Å². The second-order valence-corrected chi connectivity index (χ2v) is 4.70. The minimum absolute atomic E-state index is 0.329. The van der Waals surface area contributed by atoms with Crippen LogP contribution in [-0.4, -0.2) is 23.0 Å². The van der Waals surface area contributed by atoms with E-state index in [9.17, 15) is 4.79 Å². The zero-order chi connectivity index (χ0) is 13.8. The molecule has 1 heterocycles. The lowest BCUT2D eigenvalue weighted by atomic mass is 10.0. The quantitative estimate of drug-likeness (QED) is 0.897. The summed E-state index contributed by atoms with van der Waals surface area (Å²) in [6.07, 6.45) is 1.66. The third kappa shape index (κ3) is 3.45. The highest BCUT2D eigenvalue weighted by Crippen LogP contribution is 2.14. The Kier molecular flexibility index (Phi) is 4.02. The number of rotatable bonds is 5. The lowest BCUT2D eigenvalue weighted by Gasteiger charge is -2.17. The molecule has 0 unspecified atom stereocenters. The van der Waals surface area contributed by atoms with Gasteiger partial charge in [0, 0.05) is 6.54 Å². The maximum Gasteiger partial charge on any atom is 0.335 e. The van der Waals surface area contributed by atoms with E-state index in [1.807, 2.05) is 32.2 Å². The zero-order valence-corrected chi connectivity index (χ0v) is 11.1. The Balaban J connectivity index is 2.04. The minimum atomic E-state index is -0.890. The molecule has 0 aliphatic heterocycles. The van der Waals surface area contributed by atoms with Gasteiger partial charge < -0.3 is 9.52 Å². The molecule has 0 amide bonds. The SMILES string of the molecule is Cc1cc(C(=O)O)ccc1CN(C)Cc1ccco1. The summed E-state index contributed by atoms with van der Waals surface area (Å²) in [5, 5.41) is 8.93. The van der Waals surface area contributed by atoms with Gasteiger partial charge in [-0.2, -0.15) is 0 Å². The number of nitrogens with zero attached hydrogens (tertiary/aromatic N) is 1. The van der Waals surface area contributed by atoms with Crippen LogP contribution in [0.5, 0.6) is 0 Å². The number of hydrogen-bond donors (Lipinski definition) is 1. The average molecular weight is 259 g/mol. The van der Waals surface area contributed by atoms with E-state index in [2.05, 4.69) is 4.90 Å². The van der Waals surface area contributed by atoms with Gasteiger partial charge in [-0.15, -0.1) is 0 Å². The minimum Gasteiger partial charge on any atom is -0.478 e. The van der Waals surface area contributed by atoms with Gasteiger partial charge in [-0.05, 0) is 49.4 Å². The molecule has 4 heteroatoms. The summed E-state index contributed by atoms with van der Waals surface area (Å²) in [7, 11) is 2.01. The molecule has 1 aromatic heterocycles. The molecule has 4 nitrogen and oxygen atoms in total. The molecule has 0 aliphatic carbocycles. The van der Waals surface area contributed by atoms with Crippen molar-refractivity contribution in [2.45, 2.75) is 20.0 Å². The molecule has 0 atom stereocenters. The molecular weight excluding hydrogens is 242 g/mol. The maximum absolute atomic E-state index is 10.9. The second kappa shape index (κ2) is 5.71. The number of carboxylic acid groups (broad SMARTS) is 1. The van der Waals surface area contributed by atoms with Crippen LogP contribution >= 0.6 is 0 Å². The standard InChI is InChI=1S/C15H17NO3/c1-11-8-12(15(17)18)5-6-13(11)9-16(2)10-14-4-3-7-19-14/h3-8H,9-10H2,1-2H3,(H,17,18). The van der Waals surface area contributed by atoms with E-state index in [0.29, 0.717) is 5.56 Å². The number of aryl methyl sites for hydroxylation is 1. The molecule has 0 saturated heterocycles. The summed E-state index contributed by atoms with van der Waals surface area (Å²) in [5.41, 5.74) is 2.44. The summed E-state index contributed by atoms with van der Waals surface area (Å²) < 4.78 is 5.30. The smallest absolute Gasteiger partial charge is 0.335 e. The molecule has 0 saturated carbocycles. The van der Waals surface area contributed by atoms with Crippen LogP contribution in [0.3, 0.4) is 0 Å². The summed E-state index contributed by atoms with van der Waals surface area (Å²) in [6.45, 7) is 3.42. The molecule has 2 aromatic rings. The number of hydrogen-bond acceptors (Lipinski definition) is 3. The van der Waals surface area contributed by atoms with Crippen LogP contribution in [0.2, 0.25) is 0 Å². The van der Waals surface area contributed by atoms with E-state index in [-0.39, 0.29) is 0 Å². The molecule has 0 radical (unpaired) electrons. The largest absolute Gasteiger partial charge is 0.478 e. The van der Waals surface area contributed by atoms with Crippen molar-refractivity contribution >= 4 is 5.97 Å². The highest BCUT2D eigenvalue weighted by molar-refractivity contribution is 5.87. The molecule has 0 fully saturated rings. The van der Waals surface area contributed by atoms with Gasteiger partial charge in [0.1, 0.15) is 5.76 Å². The Morgan fingerprint density at radius 1 is 1.32 bits per heavy atom. The van der Waals surface area contributed by atoms with Gasteiger partial charge in [-0.1, -0.05) is 6.07 Å². The third-order valence-electron chi connectivity index (χ3n) is 3.04. The van der Waals surface area contributed by atoms with Gasteiger partial charge in [0.15, 0.2) is 0 Å². The van der Waals surface area contributed by atoms with Gasteiger partial charge in [-0.3, -0.25) is 4.90 Å².